The molecule has 1 fully saturated rings. The van der Waals surface area contributed by atoms with Gasteiger partial charge >= 0.3 is 0 Å². The van der Waals surface area contributed by atoms with Crippen molar-refractivity contribution in [2.45, 2.75) is 32.1 Å². The molecule has 29 heavy (non-hydrogen) atoms. The summed E-state index contributed by atoms with van der Waals surface area (Å²) in [5.74, 6) is 0.848. The molecule has 6 rings (SSSR count). The van der Waals surface area contributed by atoms with Gasteiger partial charge < -0.3 is 9.64 Å². The molecule has 1 aromatic carbocycles. The lowest BCUT2D eigenvalue weighted by Crippen LogP contribution is -2.37. The fourth-order valence-electron chi connectivity index (χ4n) is 4.67. The van der Waals surface area contributed by atoms with Crippen molar-refractivity contribution in [2.24, 2.45) is 0 Å². The van der Waals surface area contributed by atoms with Crippen LogP contribution in [0.25, 0.3) is 26.6 Å². The Balaban J connectivity index is 1.70. The van der Waals surface area contributed by atoms with Gasteiger partial charge in [0.1, 0.15) is 4.83 Å². The summed E-state index contributed by atoms with van der Waals surface area (Å²) in [5, 5.41) is 7.66. The Morgan fingerprint density at radius 2 is 1.79 bits per heavy atom. The molecule has 4 aromatic rings. The molecule has 0 unspecified atom stereocenters. The molecule has 0 saturated carbocycles. The van der Waals surface area contributed by atoms with Crippen LogP contribution in [-0.2, 0) is 17.6 Å². The van der Waals surface area contributed by atoms with Crippen LogP contribution in [0.3, 0.4) is 0 Å². The maximum atomic E-state index is 13.6. The summed E-state index contributed by atoms with van der Waals surface area (Å²) in [6.07, 6.45) is 5.61. The summed E-state index contributed by atoms with van der Waals surface area (Å²) < 4.78 is 7.07. The predicted molar refractivity (Wildman–Crippen MR) is 116 cm³/mol. The number of aryl methyl sites for hydroxylation is 2. The highest BCUT2D eigenvalue weighted by molar-refractivity contribution is 7.18. The lowest BCUT2D eigenvalue weighted by Gasteiger charge is -2.28. The maximum Gasteiger partial charge on any atom is 0.283 e. The average Bonchev–Trinajstić information content (AvgIpc) is 2.95. The monoisotopic (exact) mass is 406 g/mol. The SMILES string of the molecule is O=c1c2c3c(sc2nc2c4ccccc4c(N4CCOCC4)nn12)CCCCC3. The van der Waals surface area contributed by atoms with Gasteiger partial charge in [0.15, 0.2) is 11.5 Å². The summed E-state index contributed by atoms with van der Waals surface area (Å²) in [6.45, 7) is 2.91. The normalized spacial score (nSPS) is 17.7. The zero-order chi connectivity index (χ0) is 19.4. The minimum absolute atomic E-state index is 0.0235. The van der Waals surface area contributed by atoms with Crippen LogP contribution in [0.2, 0.25) is 0 Å². The molecule has 0 N–H and O–H groups in total. The van der Waals surface area contributed by atoms with E-state index < -0.39 is 0 Å². The van der Waals surface area contributed by atoms with Crippen molar-refractivity contribution >= 4 is 43.8 Å². The van der Waals surface area contributed by atoms with E-state index in [-0.39, 0.29) is 5.56 Å². The van der Waals surface area contributed by atoms with Gasteiger partial charge in [0, 0.05) is 28.7 Å². The van der Waals surface area contributed by atoms with Crippen molar-refractivity contribution in [1.29, 1.82) is 0 Å². The third-order valence-corrected chi connectivity index (χ3v) is 7.32. The Labute approximate surface area is 171 Å². The number of aromatic nitrogens is 3. The molecule has 2 aliphatic rings. The third kappa shape index (κ3) is 2.68. The van der Waals surface area contributed by atoms with E-state index >= 15 is 0 Å². The van der Waals surface area contributed by atoms with Crippen LogP contribution < -0.4 is 10.5 Å². The van der Waals surface area contributed by atoms with E-state index in [4.69, 9.17) is 14.8 Å². The third-order valence-electron chi connectivity index (χ3n) is 6.13. The van der Waals surface area contributed by atoms with Gasteiger partial charge in [-0.05, 0) is 31.2 Å². The zero-order valence-electron chi connectivity index (χ0n) is 16.2. The molecule has 0 spiro atoms. The Hall–Kier alpha value is -2.51. The van der Waals surface area contributed by atoms with Gasteiger partial charge in [0.25, 0.3) is 5.56 Å². The van der Waals surface area contributed by atoms with E-state index in [0.717, 1.165) is 59.2 Å². The molecule has 3 aromatic heterocycles. The van der Waals surface area contributed by atoms with E-state index in [0.29, 0.717) is 18.9 Å². The minimum Gasteiger partial charge on any atom is -0.378 e. The first-order chi connectivity index (χ1) is 14.3. The summed E-state index contributed by atoms with van der Waals surface area (Å²) in [4.78, 5) is 23.0. The molecule has 1 saturated heterocycles. The van der Waals surface area contributed by atoms with Crippen molar-refractivity contribution in [2.75, 3.05) is 31.2 Å². The second-order valence-corrected chi connectivity index (χ2v) is 8.95. The largest absolute Gasteiger partial charge is 0.378 e. The van der Waals surface area contributed by atoms with Crippen LogP contribution in [0.15, 0.2) is 29.1 Å². The number of fused-ring (bicyclic) bond motifs is 6. The first-order valence-corrected chi connectivity index (χ1v) is 11.2. The number of anilines is 1. The number of ether oxygens (including phenoxy) is 1. The van der Waals surface area contributed by atoms with Crippen molar-refractivity contribution in [3.63, 3.8) is 0 Å². The van der Waals surface area contributed by atoms with Gasteiger partial charge in [-0.1, -0.05) is 30.7 Å². The van der Waals surface area contributed by atoms with Gasteiger partial charge in [0.2, 0.25) is 0 Å². The van der Waals surface area contributed by atoms with Crippen molar-refractivity contribution < 1.29 is 4.74 Å². The Morgan fingerprint density at radius 3 is 2.66 bits per heavy atom. The number of benzene rings is 1. The van der Waals surface area contributed by atoms with Crippen molar-refractivity contribution in [1.82, 2.24) is 14.6 Å². The highest BCUT2D eigenvalue weighted by Gasteiger charge is 2.23. The minimum atomic E-state index is -0.0235. The molecule has 148 valence electrons. The average molecular weight is 407 g/mol. The summed E-state index contributed by atoms with van der Waals surface area (Å²) in [7, 11) is 0. The fourth-order valence-corrected chi connectivity index (χ4v) is 5.92. The molecule has 6 nitrogen and oxygen atoms in total. The van der Waals surface area contributed by atoms with Gasteiger partial charge in [-0.25, -0.2) is 4.98 Å². The second kappa shape index (κ2) is 6.78. The van der Waals surface area contributed by atoms with Gasteiger partial charge in [0.05, 0.1) is 18.6 Å². The van der Waals surface area contributed by atoms with Crippen LogP contribution in [0, 0.1) is 0 Å². The number of nitrogens with zero attached hydrogens (tertiary/aromatic N) is 4. The van der Waals surface area contributed by atoms with Gasteiger partial charge in [-0.15, -0.1) is 16.4 Å². The summed E-state index contributed by atoms with van der Waals surface area (Å²) in [6, 6.07) is 8.15. The predicted octanol–water partition coefficient (Wildman–Crippen LogP) is 3.56. The molecule has 4 heterocycles. The van der Waals surface area contributed by atoms with E-state index in [1.807, 2.05) is 18.2 Å². The molecular formula is C22H22N4O2S. The number of rotatable bonds is 1. The Bertz CT molecular complexity index is 1300. The summed E-state index contributed by atoms with van der Waals surface area (Å²) >= 11 is 1.70. The molecular weight excluding hydrogens is 384 g/mol. The molecule has 0 bridgehead atoms. The van der Waals surface area contributed by atoms with Crippen molar-refractivity contribution in [3.8, 4) is 0 Å². The smallest absolute Gasteiger partial charge is 0.283 e. The fraction of sp³-hybridized carbons (Fsp3) is 0.409. The summed E-state index contributed by atoms with van der Waals surface area (Å²) in [5.41, 5.74) is 1.86. The Kier molecular flexibility index (Phi) is 4.06. The van der Waals surface area contributed by atoms with E-state index in [1.54, 1.807) is 15.9 Å². The van der Waals surface area contributed by atoms with E-state index in [2.05, 4.69) is 11.0 Å². The second-order valence-electron chi connectivity index (χ2n) is 7.87. The van der Waals surface area contributed by atoms with Crippen LogP contribution in [0.5, 0.6) is 0 Å². The molecule has 7 heteroatoms. The van der Waals surface area contributed by atoms with Crippen molar-refractivity contribution in [3.05, 3.63) is 45.1 Å². The van der Waals surface area contributed by atoms with Crippen LogP contribution in [-0.4, -0.2) is 40.9 Å². The van der Waals surface area contributed by atoms with Gasteiger partial charge in [-0.3, -0.25) is 4.79 Å². The van der Waals surface area contributed by atoms with Crippen LogP contribution >= 0.6 is 11.3 Å². The van der Waals surface area contributed by atoms with Crippen LogP contribution in [0.1, 0.15) is 29.7 Å². The Morgan fingerprint density at radius 1 is 1.00 bits per heavy atom. The zero-order valence-corrected chi connectivity index (χ0v) is 17.0. The number of thiophene rings is 1. The number of hydrogen-bond donors (Lipinski definition) is 0. The standard InChI is InChI=1S/C22H22N4O2S/c27-22-18-16-8-2-1-3-9-17(16)29-21(18)23-19-14-6-4-5-7-15(14)20(24-26(19)22)25-10-12-28-13-11-25/h4-7H,1-3,8-13H2. The van der Waals surface area contributed by atoms with E-state index in [9.17, 15) is 4.79 Å². The molecule has 1 aliphatic heterocycles. The molecule has 0 amide bonds. The lowest BCUT2D eigenvalue weighted by molar-refractivity contribution is 0.122. The molecule has 0 atom stereocenters. The maximum absolute atomic E-state index is 13.6. The number of hydrogen-bond acceptors (Lipinski definition) is 6. The quantitative estimate of drug-likeness (QED) is 0.357. The highest BCUT2D eigenvalue weighted by Crippen LogP contribution is 2.34. The highest BCUT2D eigenvalue weighted by atomic mass is 32.1. The first-order valence-electron chi connectivity index (χ1n) is 10.4. The van der Waals surface area contributed by atoms with Crippen LogP contribution in [0.4, 0.5) is 5.82 Å². The number of morpholine rings is 1. The van der Waals surface area contributed by atoms with E-state index in [1.165, 1.54) is 23.3 Å². The first kappa shape index (κ1) is 17.4. The molecule has 1 aliphatic carbocycles. The topological polar surface area (TPSA) is 59.7 Å². The van der Waals surface area contributed by atoms with Gasteiger partial charge in [-0.2, -0.15) is 4.52 Å². The lowest BCUT2D eigenvalue weighted by atomic mass is 10.1. The molecule has 0 radical (unpaired) electrons.